The summed E-state index contributed by atoms with van der Waals surface area (Å²) in [6, 6.07) is 0. The number of nitrogens with one attached hydrogen (secondary N) is 1. The van der Waals surface area contributed by atoms with Crippen molar-refractivity contribution in [3.8, 4) is 0 Å². The van der Waals surface area contributed by atoms with Gasteiger partial charge >= 0.3 is 11.9 Å². The van der Waals surface area contributed by atoms with Gasteiger partial charge in [-0.05, 0) is 30.0 Å². The second-order valence-electron chi connectivity index (χ2n) is 4.30. The van der Waals surface area contributed by atoms with Crippen LogP contribution in [0.2, 0.25) is 0 Å². The Morgan fingerprint density at radius 2 is 2.10 bits per heavy atom. The van der Waals surface area contributed by atoms with Gasteiger partial charge in [0.1, 0.15) is 5.04 Å². The zero-order valence-electron chi connectivity index (χ0n) is 10.6. The number of carbonyl (C=O) groups is 2. The summed E-state index contributed by atoms with van der Waals surface area (Å²) in [7, 11) is 2.17. The van der Waals surface area contributed by atoms with E-state index in [1.54, 1.807) is 11.8 Å². The molecule has 3 heterocycles. The fourth-order valence-electron chi connectivity index (χ4n) is 1.88. The lowest BCUT2D eigenvalue weighted by atomic mass is 9.98. The van der Waals surface area contributed by atoms with E-state index in [2.05, 4.69) is 26.5 Å². The quantitative estimate of drug-likeness (QED) is 0.448. The summed E-state index contributed by atoms with van der Waals surface area (Å²) >= 11 is 3.19. The molecule has 0 amide bonds. The number of aliphatic carboxylic acids is 2. The minimum Gasteiger partial charge on any atom is -0.473 e. The Morgan fingerprint density at radius 1 is 1.40 bits per heavy atom. The molecule has 1 fully saturated rings. The van der Waals surface area contributed by atoms with Gasteiger partial charge in [-0.25, -0.2) is 9.59 Å². The summed E-state index contributed by atoms with van der Waals surface area (Å²) in [5.74, 6) is -3.65. The molecule has 108 valence electrons. The summed E-state index contributed by atoms with van der Waals surface area (Å²) in [5, 5.41) is 18.2. The van der Waals surface area contributed by atoms with Crippen molar-refractivity contribution in [1.82, 2.24) is 9.62 Å². The van der Waals surface area contributed by atoms with Crippen LogP contribution in [-0.2, 0) is 9.59 Å². The molecule has 0 atom stereocenters. The topological polar surface area (TPSA) is 102 Å². The number of piperidine rings is 1. The zero-order valence-corrected chi connectivity index (χ0v) is 12.3. The van der Waals surface area contributed by atoms with Crippen LogP contribution in [0.25, 0.3) is 0 Å². The SMILES string of the molecule is CN1CCC2=CSC3=NSNC3=C2C1.O=C(O)C(=O)O. The van der Waals surface area contributed by atoms with Crippen molar-refractivity contribution in [2.45, 2.75) is 6.42 Å². The molecule has 0 aromatic heterocycles. The van der Waals surface area contributed by atoms with Crippen LogP contribution in [-0.4, -0.2) is 52.2 Å². The van der Waals surface area contributed by atoms with E-state index in [1.807, 2.05) is 0 Å². The third-order valence-electron chi connectivity index (χ3n) is 2.87. The fourth-order valence-corrected chi connectivity index (χ4v) is 3.57. The summed E-state index contributed by atoms with van der Waals surface area (Å²) in [6.07, 6.45) is 1.17. The maximum absolute atomic E-state index is 9.10. The molecule has 0 aromatic rings. The maximum atomic E-state index is 9.10. The highest BCUT2D eigenvalue weighted by molar-refractivity contribution is 8.18. The first-order chi connectivity index (χ1) is 9.49. The molecule has 0 unspecified atom stereocenters. The van der Waals surface area contributed by atoms with E-state index in [0.29, 0.717) is 0 Å². The van der Waals surface area contributed by atoms with Gasteiger partial charge in [-0.3, -0.25) is 0 Å². The maximum Gasteiger partial charge on any atom is 0.414 e. The summed E-state index contributed by atoms with van der Waals surface area (Å²) < 4.78 is 7.62. The number of fused-ring (bicyclic) bond motifs is 2. The van der Waals surface area contributed by atoms with Gasteiger partial charge in [0.15, 0.2) is 0 Å². The van der Waals surface area contributed by atoms with Crippen molar-refractivity contribution in [2.75, 3.05) is 20.1 Å². The van der Waals surface area contributed by atoms with Crippen molar-refractivity contribution in [3.63, 3.8) is 0 Å². The predicted octanol–water partition coefficient (Wildman–Crippen LogP) is 0.927. The normalized spacial score (nSPS) is 20.6. The molecule has 0 aliphatic carbocycles. The number of carboxylic acids is 2. The number of hydrogen-bond acceptors (Lipinski definition) is 7. The minimum absolute atomic E-state index is 1.05. The summed E-state index contributed by atoms with van der Waals surface area (Å²) in [4.78, 5) is 20.6. The smallest absolute Gasteiger partial charge is 0.414 e. The van der Waals surface area contributed by atoms with Crippen molar-refractivity contribution < 1.29 is 19.8 Å². The highest BCUT2D eigenvalue weighted by Crippen LogP contribution is 2.37. The lowest BCUT2D eigenvalue weighted by Gasteiger charge is -2.30. The monoisotopic (exact) mass is 315 g/mol. The average Bonchev–Trinajstić information content (AvgIpc) is 2.88. The predicted molar refractivity (Wildman–Crippen MR) is 78.2 cm³/mol. The van der Waals surface area contributed by atoms with Gasteiger partial charge in [0.2, 0.25) is 0 Å². The van der Waals surface area contributed by atoms with Crippen LogP contribution < -0.4 is 4.72 Å². The van der Waals surface area contributed by atoms with Crippen molar-refractivity contribution in [1.29, 1.82) is 0 Å². The van der Waals surface area contributed by atoms with Crippen molar-refractivity contribution in [2.24, 2.45) is 4.40 Å². The molecule has 0 radical (unpaired) electrons. The molecule has 3 aliphatic rings. The van der Waals surface area contributed by atoms with Gasteiger partial charge in [0.25, 0.3) is 0 Å². The molecule has 3 rings (SSSR count). The largest absolute Gasteiger partial charge is 0.473 e. The van der Waals surface area contributed by atoms with E-state index in [0.717, 1.165) is 11.6 Å². The molecule has 0 aromatic carbocycles. The molecule has 0 saturated carbocycles. The van der Waals surface area contributed by atoms with Crippen LogP contribution in [0.1, 0.15) is 6.42 Å². The molecule has 3 N–H and O–H groups in total. The van der Waals surface area contributed by atoms with E-state index in [-0.39, 0.29) is 0 Å². The Labute approximate surface area is 124 Å². The van der Waals surface area contributed by atoms with Crippen LogP contribution in [0.15, 0.2) is 26.6 Å². The van der Waals surface area contributed by atoms with E-state index >= 15 is 0 Å². The number of thioether (sulfide) groups is 1. The van der Waals surface area contributed by atoms with E-state index in [4.69, 9.17) is 19.8 Å². The first kappa shape index (κ1) is 14.9. The van der Waals surface area contributed by atoms with Crippen LogP contribution in [0.4, 0.5) is 0 Å². The van der Waals surface area contributed by atoms with Crippen LogP contribution in [0, 0.1) is 0 Å². The standard InChI is InChI=1S/C9H11N3S2.C2H2O4/c1-12-3-2-6-5-13-9-8(7(6)4-12)10-14-11-9;3-1(4)2(5)6/h5,10H,2-4H2,1H3;(H,3,4)(H,5,6). The van der Waals surface area contributed by atoms with Gasteiger partial charge in [-0.15, -0.1) is 0 Å². The molecule has 7 nitrogen and oxygen atoms in total. The van der Waals surface area contributed by atoms with Crippen molar-refractivity contribution in [3.05, 3.63) is 22.3 Å². The Morgan fingerprint density at radius 3 is 2.75 bits per heavy atom. The molecule has 0 spiro atoms. The lowest BCUT2D eigenvalue weighted by Crippen LogP contribution is -2.31. The third kappa shape index (κ3) is 3.35. The van der Waals surface area contributed by atoms with Crippen LogP contribution >= 0.6 is 23.9 Å². The van der Waals surface area contributed by atoms with Gasteiger partial charge < -0.3 is 19.8 Å². The van der Waals surface area contributed by atoms with Gasteiger partial charge in [0.05, 0.1) is 17.8 Å². The number of nitrogens with zero attached hydrogens (tertiary/aromatic N) is 2. The molecule has 9 heteroatoms. The number of likely N-dealkylation sites (tertiary alicyclic amines) is 1. The second kappa shape index (κ2) is 6.33. The molecular weight excluding hydrogens is 302 g/mol. The van der Waals surface area contributed by atoms with Gasteiger partial charge in [-0.2, -0.15) is 4.40 Å². The Hall–Kier alpha value is -1.45. The molecule has 20 heavy (non-hydrogen) atoms. The molecular formula is C11H13N3O4S2. The second-order valence-corrected chi connectivity index (χ2v) is 5.73. The average molecular weight is 315 g/mol. The number of carboxylic acid groups (broad SMARTS) is 2. The Balaban J connectivity index is 0.000000212. The Bertz CT molecular complexity index is 530. The fraction of sp³-hybridized carbons (Fsp3) is 0.364. The highest BCUT2D eigenvalue weighted by atomic mass is 32.2. The zero-order chi connectivity index (χ0) is 14.7. The first-order valence-corrected chi connectivity index (χ1v) is 7.38. The minimum atomic E-state index is -1.82. The number of rotatable bonds is 0. The molecule has 3 aliphatic heterocycles. The van der Waals surface area contributed by atoms with Gasteiger partial charge in [0, 0.05) is 13.1 Å². The number of likely N-dealkylation sites (N-methyl/N-ethyl adjacent to an activating group) is 1. The molecule has 0 bridgehead atoms. The van der Waals surface area contributed by atoms with E-state index in [1.165, 1.54) is 41.9 Å². The van der Waals surface area contributed by atoms with Crippen LogP contribution in [0.3, 0.4) is 0 Å². The summed E-state index contributed by atoms with van der Waals surface area (Å²) in [5.41, 5.74) is 4.20. The van der Waals surface area contributed by atoms with Gasteiger partial charge in [-0.1, -0.05) is 11.8 Å². The Kier molecular flexibility index (Phi) is 4.73. The van der Waals surface area contributed by atoms with Crippen LogP contribution in [0.5, 0.6) is 0 Å². The first-order valence-electron chi connectivity index (χ1n) is 5.73. The van der Waals surface area contributed by atoms with Crippen molar-refractivity contribution >= 4 is 40.9 Å². The summed E-state index contributed by atoms with van der Waals surface area (Å²) in [6.45, 7) is 2.22. The molecule has 1 saturated heterocycles. The lowest BCUT2D eigenvalue weighted by molar-refractivity contribution is -0.159. The highest BCUT2D eigenvalue weighted by Gasteiger charge is 2.28. The number of hydrogen-bond donors (Lipinski definition) is 3. The third-order valence-corrected chi connectivity index (χ3v) is 4.47. The van der Waals surface area contributed by atoms with E-state index in [9.17, 15) is 0 Å². The van der Waals surface area contributed by atoms with E-state index < -0.39 is 11.9 Å².